The summed E-state index contributed by atoms with van der Waals surface area (Å²) in [5.74, 6) is -0.296. The molecule has 2 aromatic rings. The minimum atomic E-state index is -0.837. The van der Waals surface area contributed by atoms with Gasteiger partial charge in [-0.1, -0.05) is 30.3 Å². The molecule has 0 aliphatic carbocycles. The molecule has 0 fully saturated rings. The number of nitrogens with zero attached hydrogens (tertiary/aromatic N) is 1. The van der Waals surface area contributed by atoms with Gasteiger partial charge in [0, 0.05) is 11.8 Å². The van der Waals surface area contributed by atoms with Gasteiger partial charge in [0.1, 0.15) is 5.69 Å². The second-order valence-corrected chi connectivity index (χ2v) is 5.92. The zero-order valence-electron chi connectivity index (χ0n) is 11.9. The summed E-state index contributed by atoms with van der Waals surface area (Å²) in [5.41, 5.74) is 5.85. The summed E-state index contributed by atoms with van der Waals surface area (Å²) in [6, 6.07) is 9.38. The van der Waals surface area contributed by atoms with Crippen LogP contribution in [0, 0.1) is 0 Å². The van der Waals surface area contributed by atoms with Crippen molar-refractivity contribution in [1.29, 1.82) is 0 Å². The van der Waals surface area contributed by atoms with E-state index in [0.717, 1.165) is 10.6 Å². The van der Waals surface area contributed by atoms with Crippen molar-refractivity contribution in [3.8, 4) is 0 Å². The third-order valence-electron chi connectivity index (χ3n) is 3.26. The number of hydrogen-bond donors (Lipinski definition) is 3. The van der Waals surface area contributed by atoms with E-state index in [2.05, 4.69) is 10.3 Å². The van der Waals surface area contributed by atoms with E-state index in [1.165, 1.54) is 11.3 Å². The fraction of sp³-hybridized carbons (Fsp3) is 0.333. The van der Waals surface area contributed by atoms with Crippen LogP contribution in [-0.4, -0.2) is 29.1 Å². The Morgan fingerprint density at radius 3 is 2.76 bits per heavy atom. The highest BCUT2D eigenvalue weighted by Gasteiger charge is 2.28. The van der Waals surface area contributed by atoms with Gasteiger partial charge >= 0.3 is 0 Å². The van der Waals surface area contributed by atoms with E-state index in [9.17, 15) is 9.90 Å². The Morgan fingerprint density at radius 2 is 2.14 bits per heavy atom. The average Bonchev–Trinajstić information content (AvgIpc) is 2.97. The van der Waals surface area contributed by atoms with E-state index in [0.29, 0.717) is 18.7 Å². The Labute approximate surface area is 127 Å². The molecule has 4 N–H and O–H groups in total. The summed E-state index contributed by atoms with van der Waals surface area (Å²) < 4.78 is 0. The third-order valence-corrected chi connectivity index (χ3v) is 4.17. The number of aliphatic hydroxyl groups is 1. The van der Waals surface area contributed by atoms with Crippen LogP contribution in [0.5, 0.6) is 0 Å². The first kappa shape index (κ1) is 15.6. The van der Waals surface area contributed by atoms with Gasteiger partial charge in [-0.2, -0.15) is 0 Å². The summed E-state index contributed by atoms with van der Waals surface area (Å²) in [6.45, 7) is 2.10. The highest BCUT2D eigenvalue weighted by Crippen LogP contribution is 2.21. The first-order valence-electron chi connectivity index (χ1n) is 6.72. The van der Waals surface area contributed by atoms with Crippen molar-refractivity contribution in [1.82, 2.24) is 10.3 Å². The van der Waals surface area contributed by atoms with E-state index in [-0.39, 0.29) is 12.5 Å². The quantitative estimate of drug-likeness (QED) is 0.750. The van der Waals surface area contributed by atoms with Crippen LogP contribution in [0.1, 0.15) is 28.0 Å². The van der Waals surface area contributed by atoms with Gasteiger partial charge in [-0.25, -0.2) is 4.98 Å². The number of nitrogens with one attached hydrogen (secondary N) is 1. The van der Waals surface area contributed by atoms with Crippen LogP contribution in [0.3, 0.4) is 0 Å². The van der Waals surface area contributed by atoms with E-state index >= 15 is 0 Å². The SMILES string of the molecule is CC(CO)(NC(=O)c1csc(CCN)n1)c1ccccc1. The number of thiazole rings is 1. The second kappa shape index (κ2) is 6.80. The number of hydrogen-bond acceptors (Lipinski definition) is 5. The number of carbonyl (C=O) groups excluding carboxylic acids is 1. The molecular formula is C15H19N3O2S. The number of aromatic nitrogens is 1. The van der Waals surface area contributed by atoms with E-state index in [1.807, 2.05) is 30.3 Å². The lowest BCUT2D eigenvalue weighted by Crippen LogP contribution is -2.46. The lowest BCUT2D eigenvalue weighted by Gasteiger charge is -2.29. The minimum absolute atomic E-state index is 0.192. The highest BCUT2D eigenvalue weighted by molar-refractivity contribution is 7.09. The van der Waals surface area contributed by atoms with Crippen molar-refractivity contribution < 1.29 is 9.90 Å². The Morgan fingerprint density at radius 1 is 1.43 bits per heavy atom. The maximum absolute atomic E-state index is 12.3. The molecule has 2 rings (SSSR count). The number of carbonyl (C=O) groups is 1. The normalized spacial score (nSPS) is 13.7. The van der Waals surface area contributed by atoms with Crippen LogP contribution in [0.15, 0.2) is 35.7 Å². The maximum atomic E-state index is 12.3. The molecular weight excluding hydrogens is 286 g/mol. The molecule has 5 nitrogen and oxygen atoms in total. The molecule has 0 aliphatic rings. The molecule has 1 atom stereocenters. The highest BCUT2D eigenvalue weighted by atomic mass is 32.1. The molecule has 0 saturated heterocycles. The maximum Gasteiger partial charge on any atom is 0.271 e. The first-order valence-corrected chi connectivity index (χ1v) is 7.60. The topological polar surface area (TPSA) is 88.2 Å². The van der Waals surface area contributed by atoms with Gasteiger partial charge in [0.2, 0.25) is 0 Å². The van der Waals surface area contributed by atoms with Gasteiger partial charge in [0.05, 0.1) is 17.2 Å². The summed E-state index contributed by atoms with van der Waals surface area (Å²) in [6.07, 6.45) is 0.661. The van der Waals surface area contributed by atoms with Gasteiger partial charge in [-0.05, 0) is 19.0 Å². The molecule has 0 aliphatic heterocycles. The molecule has 1 aromatic heterocycles. The molecule has 1 aromatic carbocycles. The van der Waals surface area contributed by atoms with E-state index in [4.69, 9.17) is 5.73 Å². The smallest absolute Gasteiger partial charge is 0.271 e. The predicted molar refractivity (Wildman–Crippen MR) is 83.2 cm³/mol. The van der Waals surface area contributed by atoms with Crippen LogP contribution in [0.2, 0.25) is 0 Å². The number of amides is 1. The third kappa shape index (κ3) is 3.66. The number of rotatable bonds is 6. The number of nitrogens with two attached hydrogens (primary N) is 1. The summed E-state index contributed by atoms with van der Waals surface area (Å²) in [5, 5.41) is 15.1. The Kier molecular flexibility index (Phi) is 5.06. The lowest BCUT2D eigenvalue weighted by atomic mass is 9.93. The molecule has 1 amide bonds. The largest absolute Gasteiger partial charge is 0.394 e. The van der Waals surface area contributed by atoms with E-state index < -0.39 is 5.54 Å². The molecule has 1 heterocycles. The molecule has 112 valence electrons. The van der Waals surface area contributed by atoms with E-state index in [1.54, 1.807) is 12.3 Å². The van der Waals surface area contributed by atoms with Gasteiger partial charge in [0.25, 0.3) is 5.91 Å². The molecule has 0 spiro atoms. The molecule has 0 bridgehead atoms. The lowest BCUT2D eigenvalue weighted by molar-refractivity contribution is 0.0845. The Bertz CT molecular complexity index is 600. The van der Waals surface area contributed by atoms with Crippen molar-refractivity contribution in [3.05, 3.63) is 52.0 Å². The molecule has 0 saturated carbocycles. The monoisotopic (exact) mass is 305 g/mol. The molecule has 21 heavy (non-hydrogen) atoms. The van der Waals surface area contributed by atoms with Gasteiger partial charge in [0.15, 0.2) is 0 Å². The fourth-order valence-electron chi connectivity index (χ4n) is 1.98. The van der Waals surface area contributed by atoms with Crippen LogP contribution in [0.25, 0.3) is 0 Å². The minimum Gasteiger partial charge on any atom is -0.394 e. The van der Waals surface area contributed by atoms with Crippen molar-refractivity contribution in [2.45, 2.75) is 18.9 Å². The fourth-order valence-corrected chi connectivity index (χ4v) is 2.77. The van der Waals surface area contributed by atoms with Crippen LogP contribution < -0.4 is 11.1 Å². The predicted octanol–water partition coefficient (Wildman–Crippen LogP) is 1.28. The summed E-state index contributed by atoms with van der Waals surface area (Å²) >= 11 is 1.42. The standard InChI is InChI=1S/C15H19N3O2S/c1-15(10-19,11-5-3-2-4-6-11)18-14(20)12-9-21-13(17-12)7-8-16/h2-6,9,19H,7-8,10,16H2,1H3,(H,18,20). The van der Waals surface area contributed by atoms with Crippen LogP contribution in [0.4, 0.5) is 0 Å². The summed E-state index contributed by atoms with van der Waals surface area (Å²) in [4.78, 5) is 16.6. The van der Waals surface area contributed by atoms with Gasteiger partial charge in [-0.3, -0.25) is 4.79 Å². The average molecular weight is 305 g/mol. The molecule has 6 heteroatoms. The van der Waals surface area contributed by atoms with Crippen molar-refractivity contribution in [2.75, 3.05) is 13.2 Å². The van der Waals surface area contributed by atoms with Crippen molar-refractivity contribution >= 4 is 17.2 Å². The number of benzene rings is 1. The molecule has 1 unspecified atom stereocenters. The summed E-state index contributed by atoms with van der Waals surface area (Å²) in [7, 11) is 0. The first-order chi connectivity index (χ1) is 10.1. The molecule has 0 radical (unpaired) electrons. The van der Waals surface area contributed by atoms with Gasteiger partial charge in [-0.15, -0.1) is 11.3 Å². The van der Waals surface area contributed by atoms with Crippen LogP contribution in [-0.2, 0) is 12.0 Å². The van der Waals surface area contributed by atoms with Gasteiger partial charge < -0.3 is 16.2 Å². The van der Waals surface area contributed by atoms with Crippen LogP contribution >= 0.6 is 11.3 Å². The zero-order chi connectivity index (χ0) is 15.3. The number of aliphatic hydroxyl groups excluding tert-OH is 1. The second-order valence-electron chi connectivity index (χ2n) is 4.98. The Hall–Kier alpha value is -1.76. The zero-order valence-corrected chi connectivity index (χ0v) is 12.7. The van der Waals surface area contributed by atoms with Crippen molar-refractivity contribution in [2.24, 2.45) is 5.73 Å². The Balaban J connectivity index is 2.15. The van der Waals surface area contributed by atoms with Crippen molar-refractivity contribution in [3.63, 3.8) is 0 Å².